The molecule has 1 aliphatic heterocycles. The number of rotatable bonds is 10. The van der Waals surface area contributed by atoms with Gasteiger partial charge in [-0.15, -0.1) is 0 Å². The maximum absolute atomic E-state index is 5.70. The molecule has 0 aromatic carbocycles. The van der Waals surface area contributed by atoms with Crippen LogP contribution in [0.2, 0.25) is 0 Å². The van der Waals surface area contributed by atoms with Crippen LogP contribution < -0.4 is 5.32 Å². The highest BCUT2D eigenvalue weighted by Crippen LogP contribution is 2.13. The second-order valence-electron chi connectivity index (χ2n) is 5.83. The van der Waals surface area contributed by atoms with E-state index in [1.165, 1.54) is 32.2 Å². The summed E-state index contributed by atoms with van der Waals surface area (Å²) in [6, 6.07) is 0. The summed E-state index contributed by atoms with van der Waals surface area (Å²) in [6.07, 6.45) is 5.60. The third kappa shape index (κ3) is 7.34. The third-order valence-corrected chi connectivity index (χ3v) is 3.56. The molecule has 1 N–H and O–H groups in total. The molecule has 1 rings (SSSR count). The summed E-state index contributed by atoms with van der Waals surface area (Å²) < 4.78 is 5.70. The van der Waals surface area contributed by atoms with Crippen LogP contribution in [0.1, 0.15) is 46.5 Å². The maximum Gasteiger partial charge on any atom is 0.0702 e. The van der Waals surface area contributed by atoms with Crippen molar-refractivity contribution in [2.75, 3.05) is 39.3 Å². The summed E-state index contributed by atoms with van der Waals surface area (Å²) in [7, 11) is 0. The van der Waals surface area contributed by atoms with Crippen molar-refractivity contribution in [2.45, 2.75) is 52.6 Å². The highest BCUT2D eigenvalue weighted by atomic mass is 16.5. The first-order valence-corrected chi connectivity index (χ1v) is 7.77. The van der Waals surface area contributed by atoms with E-state index in [4.69, 9.17) is 4.74 Å². The normalized spacial score (nSPS) is 20.2. The van der Waals surface area contributed by atoms with Gasteiger partial charge in [0, 0.05) is 13.2 Å². The highest BCUT2D eigenvalue weighted by Gasteiger charge is 2.17. The van der Waals surface area contributed by atoms with Crippen LogP contribution in [-0.4, -0.2) is 50.3 Å². The Labute approximate surface area is 113 Å². The van der Waals surface area contributed by atoms with E-state index in [1.54, 1.807) is 0 Å². The smallest absolute Gasteiger partial charge is 0.0702 e. The van der Waals surface area contributed by atoms with E-state index < -0.39 is 0 Å². The number of hydrogen-bond acceptors (Lipinski definition) is 3. The maximum atomic E-state index is 5.70. The molecule has 0 spiro atoms. The molecule has 1 aliphatic rings. The van der Waals surface area contributed by atoms with Crippen LogP contribution >= 0.6 is 0 Å². The van der Waals surface area contributed by atoms with Crippen LogP contribution in [0.5, 0.6) is 0 Å². The van der Waals surface area contributed by atoms with E-state index in [0.29, 0.717) is 6.10 Å². The minimum Gasteiger partial charge on any atom is -0.377 e. The third-order valence-electron chi connectivity index (χ3n) is 3.56. The van der Waals surface area contributed by atoms with Gasteiger partial charge in [0.25, 0.3) is 0 Å². The molecule has 18 heavy (non-hydrogen) atoms. The number of likely N-dealkylation sites (N-methyl/N-ethyl adjacent to an activating group) is 1. The Kier molecular flexibility index (Phi) is 8.64. The average Bonchev–Trinajstić information content (AvgIpc) is 2.84. The number of hydrogen-bond donors (Lipinski definition) is 1. The van der Waals surface area contributed by atoms with Crippen molar-refractivity contribution in [1.29, 1.82) is 0 Å². The monoisotopic (exact) mass is 256 g/mol. The summed E-state index contributed by atoms with van der Waals surface area (Å²) in [4.78, 5) is 2.54. The zero-order valence-electron chi connectivity index (χ0n) is 12.6. The van der Waals surface area contributed by atoms with Crippen molar-refractivity contribution >= 4 is 0 Å². The molecule has 0 saturated carbocycles. The van der Waals surface area contributed by atoms with E-state index >= 15 is 0 Å². The fourth-order valence-electron chi connectivity index (χ4n) is 2.43. The summed E-state index contributed by atoms with van der Waals surface area (Å²) in [6.45, 7) is 13.6. The number of nitrogens with zero attached hydrogens (tertiary/aromatic N) is 1. The van der Waals surface area contributed by atoms with Crippen LogP contribution in [0.3, 0.4) is 0 Å². The molecule has 0 aromatic rings. The van der Waals surface area contributed by atoms with Gasteiger partial charge in [0.1, 0.15) is 0 Å². The van der Waals surface area contributed by atoms with Crippen molar-refractivity contribution < 1.29 is 4.74 Å². The van der Waals surface area contributed by atoms with Crippen molar-refractivity contribution in [3.8, 4) is 0 Å². The first-order valence-electron chi connectivity index (χ1n) is 7.77. The van der Waals surface area contributed by atoms with Gasteiger partial charge < -0.3 is 15.0 Å². The number of nitrogens with one attached hydrogen (secondary N) is 1. The molecule has 1 atom stereocenters. The van der Waals surface area contributed by atoms with Crippen LogP contribution in [0.4, 0.5) is 0 Å². The first-order chi connectivity index (χ1) is 8.72. The van der Waals surface area contributed by atoms with Crippen molar-refractivity contribution in [1.82, 2.24) is 10.2 Å². The zero-order valence-corrected chi connectivity index (χ0v) is 12.6. The molecule has 108 valence electrons. The van der Waals surface area contributed by atoms with Crippen molar-refractivity contribution in [2.24, 2.45) is 5.92 Å². The van der Waals surface area contributed by atoms with E-state index in [1.807, 2.05) is 0 Å². The lowest BCUT2D eigenvalue weighted by atomic mass is 10.2. The van der Waals surface area contributed by atoms with Gasteiger partial charge in [-0.25, -0.2) is 0 Å². The van der Waals surface area contributed by atoms with Crippen molar-refractivity contribution in [3.63, 3.8) is 0 Å². The minimum absolute atomic E-state index is 0.504. The molecule has 0 radical (unpaired) electrons. The van der Waals surface area contributed by atoms with Crippen LogP contribution in [0.25, 0.3) is 0 Å². The second-order valence-corrected chi connectivity index (χ2v) is 5.83. The summed E-state index contributed by atoms with van der Waals surface area (Å²) >= 11 is 0. The largest absolute Gasteiger partial charge is 0.377 e. The molecule has 0 aliphatic carbocycles. The molecule has 1 saturated heterocycles. The van der Waals surface area contributed by atoms with Gasteiger partial charge in [0.2, 0.25) is 0 Å². The Morgan fingerprint density at radius 2 is 2.17 bits per heavy atom. The summed E-state index contributed by atoms with van der Waals surface area (Å²) in [5.74, 6) is 0.761. The quantitative estimate of drug-likeness (QED) is 0.608. The SMILES string of the molecule is CCN(CCCCNCC(C)C)CC1CCCO1. The molecule has 1 unspecified atom stereocenters. The fourth-order valence-corrected chi connectivity index (χ4v) is 2.43. The van der Waals surface area contributed by atoms with Crippen LogP contribution in [0.15, 0.2) is 0 Å². The highest BCUT2D eigenvalue weighted by molar-refractivity contribution is 4.70. The standard InChI is InChI=1S/C15H32N2O/c1-4-17(13-15-8-7-11-18-15)10-6-5-9-16-12-14(2)3/h14-16H,4-13H2,1-3H3. The molecule has 3 nitrogen and oxygen atoms in total. The first kappa shape index (κ1) is 15.9. The van der Waals surface area contributed by atoms with Crippen LogP contribution in [-0.2, 0) is 4.74 Å². The lowest BCUT2D eigenvalue weighted by Gasteiger charge is -2.23. The van der Waals surface area contributed by atoms with E-state index in [0.717, 1.165) is 38.7 Å². The molecule has 1 fully saturated rings. The lowest BCUT2D eigenvalue weighted by Crippen LogP contribution is -2.33. The lowest BCUT2D eigenvalue weighted by molar-refractivity contribution is 0.0743. The molecular formula is C15H32N2O. The Hall–Kier alpha value is -0.120. The minimum atomic E-state index is 0.504. The average molecular weight is 256 g/mol. The van der Waals surface area contributed by atoms with Crippen LogP contribution in [0, 0.1) is 5.92 Å². The van der Waals surface area contributed by atoms with Gasteiger partial charge in [0.15, 0.2) is 0 Å². The van der Waals surface area contributed by atoms with Gasteiger partial charge in [-0.1, -0.05) is 20.8 Å². The van der Waals surface area contributed by atoms with Gasteiger partial charge in [-0.3, -0.25) is 0 Å². The molecule has 0 aromatic heterocycles. The van der Waals surface area contributed by atoms with Gasteiger partial charge in [-0.2, -0.15) is 0 Å². The Balaban J connectivity index is 1.97. The molecule has 0 amide bonds. The van der Waals surface area contributed by atoms with Gasteiger partial charge >= 0.3 is 0 Å². The number of unbranched alkanes of at least 4 members (excludes halogenated alkanes) is 1. The van der Waals surface area contributed by atoms with Gasteiger partial charge in [-0.05, 0) is 57.8 Å². The summed E-state index contributed by atoms with van der Waals surface area (Å²) in [5.41, 5.74) is 0. The predicted molar refractivity (Wildman–Crippen MR) is 78.0 cm³/mol. The Morgan fingerprint density at radius 1 is 1.33 bits per heavy atom. The molecular weight excluding hydrogens is 224 g/mol. The van der Waals surface area contributed by atoms with E-state index in [-0.39, 0.29) is 0 Å². The zero-order chi connectivity index (χ0) is 13.2. The molecule has 0 bridgehead atoms. The molecule has 1 heterocycles. The second kappa shape index (κ2) is 9.76. The van der Waals surface area contributed by atoms with Gasteiger partial charge in [0.05, 0.1) is 6.10 Å². The topological polar surface area (TPSA) is 24.5 Å². The van der Waals surface area contributed by atoms with Crippen molar-refractivity contribution in [3.05, 3.63) is 0 Å². The predicted octanol–water partition coefficient (Wildman–Crippen LogP) is 2.51. The number of ether oxygens (including phenoxy) is 1. The Morgan fingerprint density at radius 3 is 2.78 bits per heavy atom. The fraction of sp³-hybridized carbons (Fsp3) is 1.00. The summed E-state index contributed by atoms with van der Waals surface area (Å²) in [5, 5.41) is 3.51. The van der Waals surface area contributed by atoms with E-state index in [9.17, 15) is 0 Å². The van der Waals surface area contributed by atoms with E-state index in [2.05, 4.69) is 31.0 Å². The molecule has 3 heteroatoms. The Bertz CT molecular complexity index is 191.